The Balaban J connectivity index is 1.46. The quantitative estimate of drug-likeness (QED) is 0.548. The van der Waals surface area contributed by atoms with E-state index in [9.17, 15) is 9.90 Å². The van der Waals surface area contributed by atoms with E-state index in [1.807, 2.05) is 6.08 Å². The number of carbonyl (C=O) groups is 1. The molecule has 0 bridgehead atoms. The fourth-order valence-electron chi connectivity index (χ4n) is 8.58. The zero-order valence-corrected chi connectivity index (χ0v) is 20.9. The number of benzene rings is 1. The van der Waals surface area contributed by atoms with Crippen LogP contribution >= 0.6 is 0 Å². The number of hydrogen-bond acceptors (Lipinski definition) is 3. The molecule has 0 radical (unpaired) electrons. The first-order valence-corrected chi connectivity index (χ1v) is 13.4. The van der Waals surface area contributed by atoms with Crippen molar-refractivity contribution in [2.24, 2.45) is 34.5 Å². The zero-order valence-electron chi connectivity index (χ0n) is 20.9. The highest BCUT2D eigenvalue weighted by atomic mass is 16.5. The van der Waals surface area contributed by atoms with Gasteiger partial charge in [0, 0.05) is 17.8 Å². The van der Waals surface area contributed by atoms with Crippen LogP contribution in [0, 0.1) is 46.3 Å². The molecule has 0 saturated heterocycles. The summed E-state index contributed by atoms with van der Waals surface area (Å²) >= 11 is 0. The second kappa shape index (κ2) is 7.72. The minimum absolute atomic E-state index is 0.0587. The van der Waals surface area contributed by atoms with Crippen LogP contribution in [0.4, 0.5) is 0 Å². The molecule has 7 atom stereocenters. The van der Waals surface area contributed by atoms with E-state index in [0.717, 1.165) is 44.3 Å². The molecule has 0 aromatic heterocycles. The lowest BCUT2D eigenvalue weighted by atomic mass is 9.43. The first-order valence-electron chi connectivity index (χ1n) is 13.4. The molecule has 0 spiro atoms. The van der Waals surface area contributed by atoms with E-state index < -0.39 is 5.60 Å². The summed E-state index contributed by atoms with van der Waals surface area (Å²) in [6.07, 6.45) is 11.0. The largest absolute Gasteiger partial charge is 0.497 e. The number of fused-ring (bicyclic) bond motifs is 5. The highest BCUT2D eigenvalue weighted by Crippen LogP contribution is 2.70. The second-order valence-electron chi connectivity index (χ2n) is 12.3. The van der Waals surface area contributed by atoms with Gasteiger partial charge in [-0.25, -0.2) is 0 Å². The van der Waals surface area contributed by atoms with Gasteiger partial charge in [0.1, 0.15) is 11.4 Å². The molecule has 4 saturated carbocycles. The number of rotatable bonds is 2. The van der Waals surface area contributed by atoms with Crippen LogP contribution in [0.25, 0.3) is 0 Å². The van der Waals surface area contributed by atoms with Gasteiger partial charge < -0.3 is 9.84 Å². The first-order chi connectivity index (χ1) is 16.3. The molecule has 3 nitrogen and oxygen atoms in total. The molecule has 1 aromatic rings. The van der Waals surface area contributed by atoms with Crippen LogP contribution < -0.4 is 4.74 Å². The number of allylic oxidation sites excluding steroid dienone is 1. The minimum Gasteiger partial charge on any atom is -0.497 e. The van der Waals surface area contributed by atoms with Crippen LogP contribution in [0.1, 0.15) is 83.1 Å². The van der Waals surface area contributed by atoms with Gasteiger partial charge in [-0.15, -0.1) is 0 Å². The number of aliphatic hydroxyl groups is 1. The van der Waals surface area contributed by atoms with Crippen LogP contribution in [0.5, 0.6) is 5.75 Å². The molecule has 180 valence electrons. The predicted octanol–water partition coefficient (Wildman–Crippen LogP) is 6.07. The Labute approximate surface area is 204 Å². The van der Waals surface area contributed by atoms with Gasteiger partial charge in [0.25, 0.3) is 0 Å². The Bertz CT molecular complexity index is 1090. The van der Waals surface area contributed by atoms with Gasteiger partial charge in [0.15, 0.2) is 5.78 Å². The summed E-state index contributed by atoms with van der Waals surface area (Å²) in [7, 11) is 1.72. The second-order valence-corrected chi connectivity index (χ2v) is 12.3. The normalized spacial score (nSPS) is 43.1. The summed E-state index contributed by atoms with van der Waals surface area (Å²) in [5, 5.41) is 12.0. The monoisotopic (exact) mass is 458 g/mol. The van der Waals surface area contributed by atoms with E-state index in [1.54, 1.807) is 7.11 Å². The SMILES string of the molecule is COc1ccc([C@H]2C[C@@]3(C)[C@@H](CC[C@@]3(O)C#CC3CC3)[C@@H]3CCC4=CC(=O)CC[C@]4(C)C23)cc1. The molecule has 1 aromatic carbocycles. The van der Waals surface area contributed by atoms with Gasteiger partial charge in [-0.05, 0) is 104 Å². The third-order valence-electron chi connectivity index (χ3n) is 10.7. The minimum atomic E-state index is -0.893. The van der Waals surface area contributed by atoms with Crippen molar-refractivity contribution in [3.8, 4) is 17.6 Å². The summed E-state index contributed by atoms with van der Waals surface area (Å²) in [5.41, 5.74) is 1.69. The molecule has 5 aliphatic carbocycles. The molecule has 0 amide bonds. The van der Waals surface area contributed by atoms with Crippen LogP contribution in [0.3, 0.4) is 0 Å². The predicted molar refractivity (Wildman–Crippen MR) is 133 cm³/mol. The summed E-state index contributed by atoms with van der Waals surface area (Å²) in [4.78, 5) is 12.4. The fraction of sp³-hybridized carbons (Fsp3) is 0.645. The maximum absolute atomic E-state index is 12.4. The Hall–Kier alpha value is -2.05. The van der Waals surface area contributed by atoms with E-state index in [0.29, 0.717) is 41.8 Å². The smallest absolute Gasteiger partial charge is 0.155 e. The third kappa shape index (κ3) is 3.25. The Kier molecular flexibility index (Phi) is 5.09. The molecule has 1 N–H and O–H groups in total. The van der Waals surface area contributed by atoms with Crippen molar-refractivity contribution in [1.82, 2.24) is 0 Å². The van der Waals surface area contributed by atoms with Gasteiger partial charge in [-0.3, -0.25) is 4.79 Å². The van der Waals surface area contributed by atoms with E-state index >= 15 is 0 Å². The van der Waals surface area contributed by atoms with Crippen molar-refractivity contribution in [2.45, 2.75) is 83.2 Å². The molecular formula is C31H38O3. The number of ether oxygens (including phenoxy) is 1. The van der Waals surface area contributed by atoms with Crippen molar-refractivity contribution >= 4 is 5.78 Å². The maximum atomic E-state index is 12.4. The highest BCUT2D eigenvalue weighted by Gasteiger charge is 2.66. The van der Waals surface area contributed by atoms with Crippen LogP contribution in [-0.4, -0.2) is 23.6 Å². The summed E-state index contributed by atoms with van der Waals surface area (Å²) in [6, 6.07) is 8.64. The van der Waals surface area contributed by atoms with Crippen molar-refractivity contribution in [2.75, 3.05) is 7.11 Å². The molecule has 5 aliphatic rings. The Morgan fingerprint density at radius 1 is 1.03 bits per heavy atom. The van der Waals surface area contributed by atoms with E-state index in [1.165, 1.54) is 24.0 Å². The first kappa shape index (κ1) is 22.4. The molecular weight excluding hydrogens is 420 g/mol. The average molecular weight is 459 g/mol. The van der Waals surface area contributed by atoms with Gasteiger partial charge in [0.05, 0.1) is 7.11 Å². The number of methoxy groups -OCH3 is 1. The number of hydrogen-bond donors (Lipinski definition) is 1. The summed E-state index contributed by atoms with van der Waals surface area (Å²) in [6.45, 7) is 4.78. The van der Waals surface area contributed by atoms with Gasteiger partial charge >= 0.3 is 0 Å². The van der Waals surface area contributed by atoms with E-state index in [4.69, 9.17) is 4.74 Å². The lowest BCUT2D eigenvalue weighted by molar-refractivity contribution is -0.122. The molecule has 0 aliphatic heterocycles. The topological polar surface area (TPSA) is 46.5 Å². The van der Waals surface area contributed by atoms with Gasteiger partial charge in [-0.2, -0.15) is 0 Å². The summed E-state index contributed by atoms with van der Waals surface area (Å²) in [5.74, 6) is 10.4. The molecule has 34 heavy (non-hydrogen) atoms. The van der Waals surface area contributed by atoms with Crippen molar-refractivity contribution in [1.29, 1.82) is 0 Å². The van der Waals surface area contributed by atoms with Gasteiger partial charge in [0.2, 0.25) is 0 Å². The lowest BCUT2D eigenvalue weighted by Crippen LogP contribution is -2.57. The van der Waals surface area contributed by atoms with Crippen LogP contribution in [0.15, 0.2) is 35.9 Å². The Morgan fingerprint density at radius 3 is 2.50 bits per heavy atom. The lowest BCUT2D eigenvalue weighted by Gasteiger charge is -2.61. The van der Waals surface area contributed by atoms with Crippen LogP contribution in [-0.2, 0) is 4.79 Å². The molecule has 3 heteroatoms. The fourth-order valence-corrected chi connectivity index (χ4v) is 8.58. The van der Waals surface area contributed by atoms with E-state index in [2.05, 4.69) is 50.0 Å². The number of ketones is 1. The van der Waals surface area contributed by atoms with Gasteiger partial charge in [-0.1, -0.05) is 43.4 Å². The average Bonchev–Trinajstić information content (AvgIpc) is 3.62. The van der Waals surface area contributed by atoms with Crippen molar-refractivity contribution in [3.05, 3.63) is 41.5 Å². The molecule has 0 heterocycles. The third-order valence-corrected chi connectivity index (χ3v) is 10.7. The number of carbonyl (C=O) groups excluding carboxylic acids is 1. The Morgan fingerprint density at radius 2 is 1.79 bits per heavy atom. The molecule has 4 fully saturated rings. The maximum Gasteiger partial charge on any atom is 0.155 e. The van der Waals surface area contributed by atoms with Crippen molar-refractivity contribution < 1.29 is 14.6 Å². The molecule has 1 unspecified atom stereocenters. The highest BCUT2D eigenvalue weighted by molar-refractivity contribution is 5.91. The van der Waals surface area contributed by atoms with Crippen LogP contribution in [0.2, 0.25) is 0 Å². The summed E-state index contributed by atoms with van der Waals surface area (Å²) < 4.78 is 5.46. The standard InChI is InChI=1S/C31H38O3/c1-29-15-13-23(32)18-22(29)8-11-25-27-14-17-31(33,16-12-20-4-5-20)30(27,2)19-26(28(25)29)21-6-9-24(34-3)10-7-21/h6-7,9-10,18,20,25-28,33H,4-5,8,11,13-15,17,19H2,1-3H3/t25-,26+,27-,28?,29-,30-,31-/m0/s1. The zero-order chi connectivity index (χ0) is 23.7. The van der Waals surface area contributed by atoms with Crippen molar-refractivity contribution in [3.63, 3.8) is 0 Å². The van der Waals surface area contributed by atoms with E-state index in [-0.39, 0.29) is 10.8 Å². The molecule has 6 rings (SSSR count).